The topological polar surface area (TPSA) is 49.8 Å². The van der Waals surface area contributed by atoms with Gasteiger partial charge in [-0.25, -0.2) is 4.79 Å². The lowest BCUT2D eigenvalue weighted by Crippen LogP contribution is -2.30. The van der Waals surface area contributed by atoms with Gasteiger partial charge in [0.1, 0.15) is 0 Å². The van der Waals surface area contributed by atoms with Crippen molar-refractivity contribution in [3.8, 4) is 0 Å². The highest BCUT2D eigenvalue weighted by Gasteiger charge is 2.19. The molecule has 4 nitrogen and oxygen atoms in total. The molecular weight excluding hydrogens is 254 g/mol. The minimum absolute atomic E-state index is 0.381. The van der Waals surface area contributed by atoms with E-state index in [1.54, 1.807) is 0 Å². The Morgan fingerprint density at radius 1 is 1.40 bits per heavy atom. The van der Waals surface area contributed by atoms with Crippen LogP contribution in [0.5, 0.6) is 0 Å². The van der Waals surface area contributed by atoms with Gasteiger partial charge in [0.05, 0.1) is 7.11 Å². The highest BCUT2D eigenvalue weighted by atomic mass is 16.5. The third-order valence-corrected chi connectivity index (χ3v) is 3.57. The molecule has 0 spiro atoms. The first-order valence-electron chi connectivity index (χ1n) is 6.89. The van der Waals surface area contributed by atoms with E-state index in [1.807, 2.05) is 18.2 Å². The zero-order valence-corrected chi connectivity index (χ0v) is 11.8. The monoisotopic (exact) mass is 275 g/mol. The van der Waals surface area contributed by atoms with Crippen molar-refractivity contribution in [1.82, 2.24) is 4.90 Å². The van der Waals surface area contributed by atoms with Crippen LogP contribution in [0.4, 0.5) is 0 Å². The lowest BCUT2D eigenvalue weighted by Gasteiger charge is -2.26. The summed E-state index contributed by atoms with van der Waals surface area (Å²) in [5, 5.41) is 9.64. The molecule has 1 heterocycles. The van der Waals surface area contributed by atoms with Crippen molar-refractivity contribution in [2.75, 3.05) is 20.2 Å². The molecule has 1 atom stereocenters. The number of methoxy groups -OCH3 is 1. The average molecular weight is 275 g/mol. The molecule has 20 heavy (non-hydrogen) atoms. The van der Waals surface area contributed by atoms with E-state index < -0.39 is 12.1 Å². The van der Waals surface area contributed by atoms with Crippen molar-refractivity contribution >= 4 is 5.97 Å². The third kappa shape index (κ3) is 4.18. The minimum atomic E-state index is -1.04. The summed E-state index contributed by atoms with van der Waals surface area (Å²) in [6, 6.07) is 10.4. The molecule has 0 fully saturated rings. The van der Waals surface area contributed by atoms with Crippen molar-refractivity contribution in [2.45, 2.75) is 25.5 Å². The fourth-order valence-corrected chi connectivity index (χ4v) is 2.39. The maximum absolute atomic E-state index is 11.2. The molecule has 0 saturated carbocycles. The summed E-state index contributed by atoms with van der Waals surface area (Å²) >= 11 is 0. The zero-order chi connectivity index (χ0) is 14.4. The Labute approximate surface area is 119 Å². The normalized spacial score (nSPS) is 17.4. The highest BCUT2D eigenvalue weighted by molar-refractivity contribution is 5.74. The predicted octanol–water partition coefficient (Wildman–Crippen LogP) is 1.74. The van der Waals surface area contributed by atoms with Crippen LogP contribution < -0.4 is 0 Å². The second-order valence-corrected chi connectivity index (χ2v) is 5.08. The molecule has 0 aromatic heterocycles. The van der Waals surface area contributed by atoms with Gasteiger partial charge >= 0.3 is 5.97 Å². The molecule has 2 rings (SSSR count). The first-order chi connectivity index (χ1) is 9.69. The SMILES string of the molecule is COC(=O)C(O)CC1=CCN(Cc2ccccc2)CC1. The molecule has 1 aliphatic heterocycles. The number of nitrogens with zero attached hydrogens (tertiary/aromatic N) is 1. The van der Waals surface area contributed by atoms with Crippen LogP contribution in [0.2, 0.25) is 0 Å². The first-order valence-corrected chi connectivity index (χ1v) is 6.89. The van der Waals surface area contributed by atoms with Crippen LogP contribution in [0.1, 0.15) is 18.4 Å². The minimum Gasteiger partial charge on any atom is -0.467 e. The Bertz CT molecular complexity index is 470. The van der Waals surface area contributed by atoms with E-state index in [4.69, 9.17) is 0 Å². The van der Waals surface area contributed by atoms with Gasteiger partial charge < -0.3 is 9.84 Å². The van der Waals surface area contributed by atoms with Gasteiger partial charge in [-0.1, -0.05) is 42.0 Å². The van der Waals surface area contributed by atoms with Gasteiger partial charge in [0.2, 0.25) is 0 Å². The molecule has 1 aliphatic rings. The standard InChI is InChI=1S/C16H21NO3/c1-20-16(19)15(18)11-13-7-9-17(10-8-13)12-14-5-3-2-4-6-14/h2-7,15,18H,8-12H2,1H3. The van der Waals surface area contributed by atoms with Crippen molar-refractivity contribution in [2.24, 2.45) is 0 Å². The predicted molar refractivity (Wildman–Crippen MR) is 77.1 cm³/mol. The highest BCUT2D eigenvalue weighted by Crippen LogP contribution is 2.18. The summed E-state index contributed by atoms with van der Waals surface area (Å²) in [6.45, 7) is 2.75. The molecule has 0 aliphatic carbocycles. The van der Waals surface area contributed by atoms with Crippen LogP contribution in [0.15, 0.2) is 42.0 Å². The van der Waals surface area contributed by atoms with Gasteiger partial charge in [0.15, 0.2) is 6.10 Å². The fourth-order valence-electron chi connectivity index (χ4n) is 2.39. The number of hydrogen-bond acceptors (Lipinski definition) is 4. The van der Waals surface area contributed by atoms with Gasteiger partial charge in [-0.05, 0) is 12.0 Å². The Morgan fingerprint density at radius 3 is 2.75 bits per heavy atom. The molecule has 0 bridgehead atoms. The second-order valence-electron chi connectivity index (χ2n) is 5.08. The van der Waals surface area contributed by atoms with E-state index in [2.05, 4.69) is 27.8 Å². The van der Waals surface area contributed by atoms with Crippen LogP contribution in [-0.2, 0) is 16.1 Å². The molecule has 1 aromatic carbocycles. The summed E-state index contributed by atoms with van der Waals surface area (Å²) in [4.78, 5) is 13.5. The molecule has 1 N–H and O–H groups in total. The summed E-state index contributed by atoms with van der Waals surface area (Å²) in [5.41, 5.74) is 2.44. The molecule has 0 saturated heterocycles. The first kappa shape index (κ1) is 14.8. The summed E-state index contributed by atoms with van der Waals surface area (Å²) in [7, 11) is 1.29. The zero-order valence-electron chi connectivity index (χ0n) is 11.8. The number of esters is 1. The summed E-state index contributed by atoms with van der Waals surface area (Å²) < 4.78 is 4.53. The van der Waals surface area contributed by atoms with Gasteiger partial charge in [-0.15, -0.1) is 0 Å². The van der Waals surface area contributed by atoms with E-state index in [9.17, 15) is 9.90 Å². The average Bonchev–Trinajstić information content (AvgIpc) is 2.49. The van der Waals surface area contributed by atoms with E-state index in [0.717, 1.165) is 31.6 Å². The third-order valence-electron chi connectivity index (χ3n) is 3.57. The van der Waals surface area contributed by atoms with Crippen LogP contribution in [0.3, 0.4) is 0 Å². The number of aliphatic hydroxyl groups excluding tert-OH is 1. The summed E-state index contributed by atoms with van der Waals surface area (Å²) in [5.74, 6) is -0.558. The lowest BCUT2D eigenvalue weighted by atomic mass is 10.0. The smallest absolute Gasteiger partial charge is 0.335 e. The number of carbonyl (C=O) groups is 1. The Morgan fingerprint density at radius 2 is 2.15 bits per heavy atom. The van der Waals surface area contributed by atoms with Crippen molar-refractivity contribution < 1.29 is 14.6 Å². The molecule has 1 unspecified atom stereocenters. The Kier molecular flexibility index (Phi) is 5.32. The number of rotatable bonds is 5. The largest absolute Gasteiger partial charge is 0.467 e. The van der Waals surface area contributed by atoms with E-state index in [1.165, 1.54) is 12.7 Å². The summed E-state index contributed by atoms with van der Waals surface area (Å²) in [6.07, 6.45) is 2.35. The second kappa shape index (κ2) is 7.22. The molecule has 4 heteroatoms. The molecule has 0 amide bonds. The number of hydrogen-bond donors (Lipinski definition) is 1. The number of carbonyl (C=O) groups excluding carboxylic acids is 1. The van der Waals surface area contributed by atoms with Crippen molar-refractivity contribution in [3.05, 3.63) is 47.5 Å². The fraction of sp³-hybridized carbons (Fsp3) is 0.438. The van der Waals surface area contributed by atoms with Crippen LogP contribution >= 0.6 is 0 Å². The number of aliphatic hydroxyl groups is 1. The van der Waals surface area contributed by atoms with Crippen LogP contribution in [-0.4, -0.2) is 42.3 Å². The van der Waals surface area contributed by atoms with Gasteiger partial charge in [-0.3, -0.25) is 4.90 Å². The molecule has 108 valence electrons. The van der Waals surface area contributed by atoms with Crippen LogP contribution in [0, 0.1) is 0 Å². The quantitative estimate of drug-likeness (QED) is 0.657. The van der Waals surface area contributed by atoms with Crippen molar-refractivity contribution in [3.63, 3.8) is 0 Å². The number of benzene rings is 1. The molecule has 0 radical (unpaired) electrons. The number of ether oxygens (including phenoxy) is 1. The Hall–Kier alpha value is -1.65. The van der Waals surface area contributed by atoms with E-state index in [0.29, 0.717) is 6.42 Å². The maximum atomic E-state index is 11.2. The van der Waals surface area contributed by atoms with Crippen molar-refractivity contribution in [1.29, 1.82) is 0 Å². The molecule has 1 aromatic rings. The van der Waals surface area contributed by atoms with Crippen LogP contribution in [0.25, 0.3) is 0 Å². The molecular formula is C16H21NO3. The van der Waals surface area contributed by atoms with E-state index >= 15 is 0 Å². The Balaban J connectivity index is 1.83. The van der Waals surface area contributed by atoms with Gasteiger partial charge in [-0.2, -0.15) is 0 Å². The van der Waals surface area contributed by atoms with Gasteiger partial charge in [0, 0.05) is 26.1 Å². The maximum Gasteiger partial charge on any atom is 0.335 e. The van der Waals surface area contributed by atoms with E-state index in [-0.39, 0.29) is 0 Å². The van der Waals surface area contributed by atoms with Gasteiger partial charge in [0.25, 0.3) is 0 Å². The lowest BCUT2D eigenvalue weighted by molar-refractivity contribution is -0.150.